The number of anilines is 4. The number of halogens is 1. The monoisotopic (exact) mass is 531 g/mol. The van der Waals surface area contributed by atoms with E-state index < -0.39 is 0 Å². The third-order valence-electron chi connectivity index (χ3n) is 5.52. The molecule has 0 amide bonds. The van der Waals surface area contributed by atoms with Gasteiger partial charge in [0.25, 0.3) is 0 Å². The Bertz CT molecular complexity index is 1140. The Morgan fingerprint density at radius 1 is 1.00 bits per heavy atom. The second-order valence-corrected chi connectivity index (χ2v) is 8.74. The van der Waals surface area contributed by atoms with Crippen molar-refractivity contribution in [2.45, 2.75) is 27.7 Å². The number of carbonyl (C=O) groups is 1. The van der Waals surface area contributed by atoms with Crippen molar-refractivity contribution in [1.82, 2.24) is 9.88 Å². The number of nitrogens with zero attached hydrogens (tertiary/aromatic N) is 3. The van der Waals surface area contributed by atoms with Crippen LogP contribution in [0.5, 0.6) is 11.5 Å². The van der Waals surface area contributed by atoms with Crippen LogP contribution in [0.2, 0.25) is 0 Å². The number of ketones is 1. The van der Waals surface area contributed by atoms with Crippen molar-refractivity contribution in [2.24, 2.45) is 0 Å². The van der Waals surface area contributed by atoms with Gasteiger partial charge in [0, 0.05) is 43.5 Å². The molecule has 2 heterocycles. The van der Waals surface area contributed by atoms with Crippen molar-refractivity contribution in [3.05, 3.63) is 52.7 Å². The van der Waals surface area contributed by atoms with Gasteiger partial charge in [-0.15, -0.1) is 0 Å². The van der Waals surface area contributed by atoms with Gasteiger partial charge in [0.15, 0.2) is 5.13 Å². The minimum Gasteiger partial charge on any atom is -0.497 e. The zero-order valence-corrected chi connectivity index (χ0v) is 23.5. The zero-order chi connectivity index (χ0) is 27.5. The number of piperazine rings is 1. The Morgan fingerprint density at radius 3 is 2.14 bits per heavy atom. The van der Waals surface area contributed by atoms with Crippen LogP contribution in [0, 0.1) is 5.82 Å². The highest BCUT2D eigenvalue weighted by Crippen LogP contribution is 2.33. The van der Waals surface area contributed by atoms with Gasteiger partial charge in [0.05, 0.1) is 19.9 Å². The lowest BCUT2D eigenvalue weighted by atomic mass is 10.1. The molecule has 0 radical (unpaired) electrons. The number of hydrogen-bond donors (Lipinski definition) is 2. The van der Waals surface area contributed by atoms with Gasteiger partial charge >= 0.3 is 0 Å². The van der Waals surface area contributed by atoms with E-state index in [1.165, 1.54) is 20.3 Å². The molecule has 0 spiro atoms. The van der Waals surface area contributed by atoms with Crippen LogP contribution in [0.25, 0.3) is 0 Å². The van der Waals surface area contributed by atoms with Crippen LogP contribution in [-0.4, -0.2) is 63.1 Å². The third kappa shape index (κ3) is 7.56. The molecule has 2 aromatic carbocycles. The summed E-state index contributed by atoms with van der Waals surface area (Å²) in [6.07, 6.45) is 0. The molecule has 3 aromatic rings. The van der Waals surface area contributed by atoms with Gasteiger partial charge in [-0.3, -0.25) is 4.79 Å². The Hall–Kier alpha value is -3.37. The molecule has 1 fully saturated rings. The largest absolute Gasteiger partial charge is 0.497 e. The molecule has 0 saturated carbocycles. The zero-order valence-electron chi connectivity index (χ0n) is 22.7. The molecule has 0 aliphatic carbocycles. The smallest absolute Gasteiger partial charge is 0.207 e. The van der Waals surface area contributed by atoms with Crippen molar-refractivity contribution in [1.29, 1.82) is 0 Å². The summed E-state index contributed by atoms with van der Waals surface area (Å²) in [6.45, 7) is 11.4. The number of thiazole rings is 1. The standard InChI is InChI=1S/C23H26FN5O3S.2C2H6/c1-28-6-8-29(9-7-28)19-5-4-15(12-18(19)24)26-23-27-22(25)21(33-23)20(30)14-10-16(31-2)13-17(11-14)32-3;2*1-2/h4-5,10-13H,6-9,25H2,1-3H3,(H,26,27);2*1-2H3. The fourth-order valence-electron chi connectivity index (χ4n) is 3.63. The lowest BCUT2D eigenvalue weighted by Crippen LogP contribution is -2.44. The number of ether oxygens (including phenoxy) is 2. The van der Waals surface area contributed by atoms with E-state index in [-0.39, 0.29) is 22.3 Å². The van der Waals surface area contributed by atoms with E-state index in [0.29, 0.717) is 33.6 Å². The molecular weight excluding hydrogens is 493 g/mol. The molecule has 37 heavy (non-hydrogen) atoms. The van der Waals surface area contributed by atoms with E-state index in [2.05, 4.69) is 22.2 Å². The molecule has 202 valence electrons. The summed E-state index contributed by atoms with van der Waals surface area (Å²) in [5, 5.41) is 3.45. The first-order valence-corrected chi connectivity index (χ1v) is 13.2. The minimum absolute atomic E-state index is 0.101. The summed E-state index contributed by atoms with van der Waals surface area (Å²) < 4.78 is 25.3. The fourth-order valence-corrected chi connectivity index (χ4v) is 4.50. The summed E-state index contributed by atoms with van der Waals surface area (Å²) in [4.78, 5) is 21.8. The van der Waals surface area contributed by atoms with Crippen molar-refractivity contribution in [2.75, 3.05) is 63.4 Å². The number of nitrogen functional groups attached to an aromatic ring is 1. The number of nitrogens with one attached hydrogen (secondary N) is 1. The van der Waals surface area contributed by atoms with Crippen LogP contribution in [0.4, 0.5) is 26.7 Å². The lowest BCUT2D eigenvalue weighted by Gasteiger charge is -2.34. The minimum atomic E-state index is -0.311. The lowest BCUT2D eigenvalue weighted by molar-refractivity contribution is 0.104. The molecule has 0 bridgehead atoms. The highest BCUT2D eigenvalue weighted by molar-refractivity contribution is 7.18. The van der Waals surface area contributed by atoms with Crippen LogP contribution in [0.15, 0.2) is 36.4 Å². The van der Waals surface area contributed by atoms with Crippen molar-refractivity contribution in [3.63, 3.8) is 0 Å². The molecule has 1 saturated heterocycles. The van der Waals surface area contributed by atoms with Gasteiger partial charge < -0.3 is 30.3 Å². The predicted molar refractivity (Wildman–Crippen MR) is 152 cm³/mol. The highest BCUT2D eigenvalue weighted by atomic mass is 32.1. The van der Waals surface area contributed by atoms with Gasteiger partial charge in [0.2, 0.25) is 5.78 Å². The Balaban J connectivity index is 0.00000115. The van der Waals surface area contributed by atoms with Gasteiger partial charge in [0.1, 0.15) is 28.0 Å². The maximum absolute atomic E-state index is 14.8. The van der Waals surface area contributed by atoms with Crippen LogP contribution >= 0.6 is 11.3 Å². The number of likely N-dealkylation sites (N-methyl/N-ethyl adjacent to an activating group) is 1. The summed E-state index contributed by atoms with van der Waals surface area (Å²) in [5.41, 5.74) is 7.51. The van der Waals surface area contributed by atoms with Crippen LogP contribution in [0.3, 0.4) is 0 Å². The first-order valence-electron chi connectivity index (χ1n) is 12.4. The van der Waals surface area contributed by atoms with Crippen molar-refractivity contribution in [3.8, 4) is 11.5 Å². The van der Waals surface area contributed by atoms with Gasteiger partial charge in [-0.2, -0.15) is 0 Å². The molecule has 4 rings (SSSR count). The van der Waals surface area contributed by atoms with Crippen molar-refractivity contribution < 1.29 is 18.7 Å². The third-order valence-corrected chi connectivity index (χ3v) is 6.50. The maximum Gasteiger partial charge on any atom is 0.207 e. The molecule has 1 aromatic heterocycles. The molecule has 0 unspecified atom stereocenters. The first-order chi connectivity index (χ1) is 17.9. The van der Waals surface area contributed by atoms with E-state index in [1.807, 2.05) is 32.6 Å². The Morgan fingerprint density at radius 2 is 1.59 bits per heavy atom. The summed E-state index contributed by atoms with van der Waals surface area (Å²) in [7, 11) is 5.09. The quantitative estimate of drug-likeness (QED) is 0.377. The molecule has 8 nitrogen and oxygen atoms in total. The normalized spacial score (nSPS) is 13.0. The molecular formula is C27H38FN5O3S. The number of benzene rings is 2. The predicted octanol–water partition coefficient (Wildman–Crippen LogP) is 5.66. The molecule has 1 aliphatic rings. The van der Waals surface area contributed by atoms with E-state index in [1.54, 1.807) is 30.3 Å². The first kappa shape index (κ1) is 29.9. The van der Waals surface area contributed by atoms with E-state index in [4.69, 9.17) is 15.2 Å². The SMILES string of the molecule is CC.CC.COc1cc(OC)cc(C(=O)c2sc(Nc3ccc(N4CCN(C)CC4)c(F)c3)nc2N)c1. The van der Waals surface area contributed by atoms with E-state index >= 15 is 0 Å². The number of hydrogen-bond acceptors (Lipinski definition) is 9. The van der Waals surface area contributed by atoms with E-state index in [9.17, 15) is 9.18 Å². The number of methoxy groups -OCH3 is 2. The fraction of sp³-hybridized carbons (Fsp3) is 0.407. The number of aromatic nitrogens is 1. The average Bonchev–Trinajstić information content (AvgIpc) is 3.30. The summed E-state index contributed by atoms with van der Waals surface area (Å²) >= 11 is 1.11. The van der Waals surface area contributed by atoms with Gasteiger partial charge in [-0.1, -0.05) is 39.0 Å². The van der Waals surface area contributed by atoms with Gasteiger partial charge in [-0.25, -0.2) is 9.37 Å². The molecule has 3 N–H and O–H groups in total. The molecule has 1 aliphatic heterocycles. The van der Waals surface area contributed by atoms with Crippen LogP contribution in [0.1, 0.15) is 42.9 Å². The highest BCUT2D eigenvalue weighted by Gasteiger charge is 2.21. The molecule has 0 atom stereocenters. The van der Waals surface area contributed by atoms with Crippen molar-refractivity contribution >= 4 is 39.4 Å². The van der Waals surface area contributed by atoms with E-state index in [0.717, 1.165) is 37.5 Å². The Kier molecular flexibility index (Phi) is 11.6. The number of carbonyl (C=O) groups excluding carboxylic acids is 1. The second-order valence-electron chi connectivity index (χ2n) is 7.75. The van der Waals surface area contributed by atoms with Gasteiger partial charge in [-0.05, 0) is 37.4 Å². The van der Waals surface area contributed by atoms with Crippen LogP contribution < -0.4 is 25.4 Å². The summed E-state index contributed by atoms with van der Waals surface area (Å²) in [6, 6.07) is 9.89. The summed E-state index contributed by atoms with van der Waals surface area (Å²) in [5.74, 6) is 0.481. The number of nitrogens with two attached hydrogens (primary N) is 1. The second kappa shape index (κ2) is 14.4. The molecule has 10 heteroatoms. The maximum atomic E-state index is 14.8. The number of rotatable bonds is 7. The van der Waals surface area contributed by atoms with Crippen LogP contribution in [-0.2, 0) is 0 Å². The average molecular weight is 532 g/mol. The Labute approximate surface area is 223 Å². The topological polar surface area (TPSA) is 93.0 Å².